The fraction of sp³-hybridized carbons (Fsp3) is 0.455. The van der Waals surface area contributed by atoms with Gasteiger partial charge in [-0.3, -0.25) is 0 Å². The van der Waals surface area contributed by atoms with Crippen molar-refractivity contribution < 1.29 is 22.6 Å². The third-order valence-electron chi connectivity index (χ3n) is 5.44. The summed E-state index contributed by atoms with van der Waals surface area (Å²) in [5.41, 5.74) is 1.31. The highest BCUT2D eigenvalue weighted by Gasteiger charge is 2.26. The first-order valence-electron chi connectivity index (χ1n) is 10.4. The summed E-state index contributed by atoms with van der Waals surface area (Å²) in [4.78, 5) is 2.34. The summed E-state index contributed by atoms with van der Waals surface area (Å²) in [5.74, 6) is 2.11. The van der Waals surface area contributed by atoms with Crippen LogP contribution >= 0.6 is 0 Å². The third kappa shape index (κ3) is 5.44. The number of rotatable bonds is 9. The summed E-state index contributed by atoms with van der Waals surface area (Å²) in [5, 5.41) is 0. The molecule has 2 aromatic rings. The molecular weight excluding hydrogens is 404 g/mol. The molecule has 0 aliphatic carbocycles. The molecule has 0 N–H and O–H groups in total. The molecule has 8 heteroatoms. The molecule has 2 aliphatic heterocycles. The monoisotopic (exact) mass is 432 g/mol. The maximum Gasteiger partial charge on any atom is 0.231 e. The van der Waals surface area contributed by atoms with E-state index in [0.717, 1.165) is 26.1 Å². The number of hydrogen-bond donors (Lipinski definition) is 0. The Hall–Kier alpha value is -2.29. The summed E-state index contributed by atoms with van der Waals surface area (Å²) in [6, 6.07) is 15.8. The Morgan fingerprint density at radius 2 is 1.70 bits per heavy atom. The molecular formula is C22H28N2O5S. The van der Waals surface area contributed by atoms with Crippen LogP contribution in [0.1, 0.15) is 12.0 Å². The van der Waals surface area contributed by atoms with Crippen LogP contribution in [0.15, 0.2) is 48.5 Å². The number of sulfonamides is 1. The second kappa shape index (κ2) is 9.68. The molecule has 2 aromatic carbocycles. The number of piperazine rings is 1. The molecule has 0 saturated carbocycles. The predicted octanol–water partition coefficient (Wildman–Crippen LogP) is 2.37. The number of ether oxygens (including phenoxy) is 3. The topological polar surface area (TPSA) is 68.3 Å². The molecule has 0 spiro atoms. The Labute approximate surface area is 178 Å². The second-order valence-electron chi connectivity index (χ2n) is 7.51. The average molecular weight is 433 g/mol. The van der Waals surface area contributed by atoms with Crippen molar-refractivity contribution in [3.8, 4) is 17.2 Å². The van der Waals surface area contributed by atoms with Gasteiger partial charge in [0.05, 0.1) is 12.4 Å². The number of nitrogens with zero attached hydrogens (tertiary/aromatic N) is 2. The van der Waals surface area contributed by atoms with E-state index in [-0.39, 0.29) is 12.5 Å². The van der Waals surface area contributed by atoms with Gasteiger partial charge in [0.2, 0.25) is 16.8 Å². The normalized spacial score (nSPS) is 17.2. The van der Waals surface area contributed by atoms with Crippen LogP contribution in [0, 0.1) is 0 Å². The lowest BCUT2D eigenvalue weighted by atomic mass is 10.1. The molecule has 4 rings (SSSR count). The first-order chi connectivity index (χ1) is 14.6. The Bertz CT molecular complexity index is 928. The molecule has 0 aromatic heterocycles. The van der Waals surface area contributed by atoms with Crippen LogP contribution in [0.3, 0.4) is 0 Å². The Morgan fingerprint density at radius 3 is 2.50 bits per heavy atom. The first-order valence-corrected chi connectivity index (χ1v) is 12.0. The highest BCUT2D eigenvalue weighted by molar-refractivity contribution is 7.89. The van der Waals surface area contributed by atoms with E-state index in [4.69, 9.17) is 14.2 Å². The van der Waals surface area contributed by atoms with Crippen molar-refractivity contribution in [3.63, 3.8) is 0 Å². The Morgan fingerprint density at radius 1 is 0.933 bits per heavy atom. The third-order valence-corrected chi connectivity index (χ3v) is 7.40. The zero-order valence-electron chi connectivity index (χ0n) is 17.0. The van der Waals surface area contributed by atoms with E-state index in [2.05, 4.69) is 29.2 Å². The number of hydrogen-bond acceptors (Lipinski definition) is 6. The van der Waals surface area contributed by atoms with Crippen LogP contribution in [0.5, 0.6) is 17.2 Å². The van der Waals surface area contributed by atoms with Gasteiger partial charge >= 0.3 is 0 Å². The van der Waals surface area contributed by atoms with Crippen LogP contribution in [-0.2, 0) is 16.4 Å². The van der Waals surface area contributed by atoms with Crippen molar-refractivity contribution in [1.82, 2.24) is 9.21 Å². The van der Waals surface area contributed by atoms with E-state index in [1.807, 2.05) is 6.07 Å². The number of fused-ring (bicyclic) bond motifs is 1. The van der Waals surface area contributed by atoms with Gasteiger partial charge in [-0.15, -0.1) is 0 Å². The molecule has 1 fully saturated rings. The van der Waals surface area contributed by atoms with Crippen LogP contribution in [0.25, 0.3) is 0 Å². The summed E-state index contributed by atoms with van der Waals surface area (Å²) in [6.45, 7) is 4.19. The van der Waals surface area contributed by atoms with Gasteiger partial charge in [-0.1, -0.05) is 30.3 Å². The van der Waals surface area contributed by atoms with E-state index < -0.39 is 10.0 Å². The zero-order valence-corrected chi connectivity index (χ0v) is 17.9. The van der Waals surface area contributed by atoms with Gasteiger partial charge in [0.25, 0.3) is 0 Å². The summed E-state index contributed by atoms with van der Waals surface area (Å²) in [6.07, 6.45) is 1.44. The number of benzene rings is 2. The molecule has 30 heavy (non-hydrogen) atoms. The highest BCUT2D eigenvalue weighted by atomic mass is 32.2. The fourth-order valence-corrected chi connectivity index (χ4v) is 5.15. The SMILES string of the molecule is O=S(=O)(CCCOc1ccc2c(c1)OCO2)N1CCN(CCc2ccccc2)CC1. The van der Waals surface area contributed by atoms with Crippen molar-refractivity contribution in [3.05, 3.63) is 54.1 Å². The summed E-state index contributed by atoms with van der Waals surface area (Å²) in [7, 11) is -3.26. The zero-order chi connectivity index (χ0) is 20.8. The first kappa shape index (κ1) is 21.0. The second-order valence-corrected chi connectivity index (χ2v) is 9.60. The maximum absolute atomic E-state index is 12.7. The largest absolute Gasteiger partial charge is 0.493 e. The lowest BCUT2D eigenvalue weighted by Gasteiger charge is -2.34. The summed E-state index contributed by atoms with van der Waals surface area (Å²) < 4.78 is 43.2. The van der Waals surface area contributed by atoms with Crippen LogP contribution in [0.2, 0.25) is 0 Å². The Balaban J connectivity index is 1.16. The van der Waals surface area contributed by atoms with E-state index >= 15 is 0 Å². The molecule has 0 unspecified atom stereocenters. The van der Waals surface area contributed by atoms with E-state index in [0.29, 0.717) is 43.4 Å². The summed E-state index contributed by atoms with van der Waals surface area (Å²) >= 11 is 0. The van der Waals surface area contributed by atoms with Crippen molar-refractivity contribution in [2.75, 3.05) is 51.9 Å². The molecule has 7 nitrogen and oxygen atoms in total. The van der Waals surface area contributed by atoms with E-state index in [1.54, 1.807) is 22.5 Å². The molecule has 0 radical (unpaired) electrons. The average Bonchev–Trinajstić information content (AvgIpc) is 3.24. The highest BCUT2D eigenvalue weighted by Crippen LogP contribution is 2.35. The quantitative estimate of drug-likeness (QED) is 0.567. The minimum Gasteiger partial charge on any atom is -0.493 e. The molecule has 0 bridgehead atoms. The van der Waals surface area contributed by atoms with Crippen molar-refractivity contribution in [2.45, 2.75) is 12.8 Å². The van der Waals surface area contributed by atoms with Gasteiger partial charge in [-0.2, -0.15) is 4.31 Å². The van der Waals surface area contributed by atoms with Gasteiger partial charge in [-0.05, 0) is 30.5 Å². The van der Waals surface area contributed by atoms with E-state index in [1.165, 1.54) is 5.56 Å². The van der Waals surface area contributed by atoms with Gasteiger partial charge in [0.15, 0.2) is 11.5 Å². The fourth-order valence-electron chi connectivity index (χ4n) is 3.69. The van der Waals surface area contributed by atoms with Crippen molar-refractivity contribution in [2.24, 2.45) is 0 Å². The smallest absolute Gasteiger partial charge is 0.231 e. The van der Waals surface area contributed by atoms with Gasteiger partial charge in [0.1, 0.15) is 5.75 Å². The molecule has 0 atom stereocenters. The lowest BCUT2D eigenvalue weighted by Crippen LogP contribution is -2.49. The minimum atomic E-state index is -3.26. The molecule has 2 aliphatic rings. The molecule has 1 saturated heterocycles. The van der Waals surface area contributed by atoms with Crippen LogP contribution in [0.4, 0.5) is 0 Å². The van der Waals surface area contributed by atoms with E-state index in [9.17, 15) is 8.42 Å². The van der Waals surface area contributed by atoms with Crippen LogP contribution in [-0.4, -0.2) is 69.5 Å². The van der Waals surface area contributed by atoms with Gasteiger partial charge < -0.3 is 19.1 Å². The predicted molar refractivity (Wildman–Crippen MR) is 115 cm³/mol. The molecule has 0 amide bonds. The standard InChI is InChI=1S/C22H28N2O5S/c25-30(26,16-4-15-27-20-7-8-21-22(17-20)29-18-28-21)24-13-11-23(12-14-24)10-9-19-5-2-1-3-6-19/h1-3,5-8,17H,4,9-16,18H2. The van der Waals surface area contributed by atoms with Gasteiger partial charge in [0, 0.05) is 38.8 Å². The molecule has 162 valence electrons. The Kier molecular flexibility index (Phi) is 6.76. The van der Waals surface area contributed by atoms with Crippen LogP contribution < -0.4 is 14.2 Å². The maximum atomic E-state index is 12.7. The van der Waals surface area contributed by atoms with Crippen molar-refractivity contribution >= 4 is 10.0 Å². The minimum absolute atomic E-state index is 0.0988. The van der Waals surface area contributed by atoms with Gasteiger partial charge in [-0.25, -0.2) is 8.42 Å². The lowest BCUT2D eigenvalue weighted by molar-refractivity contribution is 0.173. The molecule has 2 heterocycles. The van der Waals surface area contributed by atoms with Crippen molar-refractivity contribution in [1.29, 1.82) is 0 Å².